The molecule has 0 saturated carbocycles. The van der Waals surface area contributed by atoms with Crippen molar-refractivity contribution in [2.45, 2.75) is 58.0 Å². The predicted octanol–water partition coefficient (Wildman–Crippen LogP) is 4.65. The number of benzene rings is 2. The average molecular weight is 377 g/mol. The molecule has 3 heteroatoms. The SMILES string of the molecule is C[C@H](NC(=O)C1CCN(Cc2ccccc2)CC1)c1ccc2c(c1)CCCC2. The van der Waals surface area contributed by atoms with Crippen LogP contribution in [0.1, 0.15) is 60.9 Å². The summed E-state index contributed by atoms with van der Waals surface area (Å²) in [4.78, 5) is 15.3. The van der Waals surface area contributed by atoms with Crippen molar-refractivity contribution >= 4 is 5.91 Å². The quantitative estimate of drug-likeness (QED) is 0.823. The number of nitrogens with zero attached hydrogens (tertiary/aromatic N) is 1. The van der Waals surface area contributed by atoms with Crippen molar-refractivity contribution < 1.29 is 4.79 Å². The number of nitrogens with one attached hydrogen (secondary N) is 1. The van der Waals surface area contributed by atoms with E-state index < -0.39 is 0 Å². The Bertz CT molecular complexity index is 793. The molecule has 3 nitrogen and oxygen atoms in total. The number of hydrogen-bond acceptors (Lipinski definition) is 2. The van der Waals surface area contributed by atoms with Crippen LogP contribution in [0, 0.1) is 5.92 Å². The highest BCUT2D eigenvalue weighted by Crippen LogP contribution is 2.26. The van der Waals surface area contributed by atoms with Gasteiger partial charge in [0.1, 0.15) is 0 Å². The van der Waals surface area contributed by atoms with Crippen LogP contribution in [-0.4, -0.2) is 23.9 Å². The first-order valence-electron chi connectivity index (χ1n) is 10.9. The lowest BCUT2D eigenvalue weighted by Gasteiger charge is -2.32. The topological polar surface area (TPSA) is 32.3 Å². The van der Waals surface area contributed by atoms with Crippen LogP contribution in [0.5, 0.6) is 0 Å². The third-order valence-electron chi connectivity index (χ3n) is 6.44. The molecule has 2 aromatic rings. The largest absolute Gasteiger partial charge is 0.349 e. The maximum Gasteiger partial charge on any atom is 0.223 e. The van der Waals surface area contributed by atoms with E-state index in [1.54, 1.807) is 0 Å². The molecule has 1 fully saturated rings. The zero-order valence-corrected chi connectivity index (χ0v) is 17.0. The van der Waals surface area contributed by atoms with Gasteiger partial charge >= 0.3 is 0 Å². The van der Waals surface area contributed by atoms with Gasteiger partial charge in [-0.3, -0.25) is 9.69 Å². The molecule has 148 valence electrons. The first-order valence-corrected chi connectivity index (χ1v) is 10.9. The Labute approximate surface area is 169 Å². The van der Waals surface area contributed by atoms with Crippen LogP contribution >= 0.6 is 0 Å². The summed E-state index contributed by atoms with van der Waals surface area (Å²) >= 11 is 0. The van der Waals surface area contributed by atoms with E-state index in [1.807, 2.05) is 0 Å². The van der Waals surface area contributed by atoms with Crippen molar-refractivity contribution in [1.82, 2.24) is 10.2 Å². The smallest absolute Gasteiger partial charge is 0.223 e. The monoisotopic (exact) mass is 376 g/mol. The van der Waals surface area contributed by atoms with Crippen molar-refractivity contribution in [2.24, 2.45) is 5.92 Å². The van der Waals surface area contributed by atoms with E-state index in [4.69, 9.17) is 0 Å². The number of rotatable bonds is 5. The second-order valence-corrected chi connectivity index (χ2v) is 8.50. The Hall–Kier alpha value is -2.13. The maximum absolute atomic E-state index is 12.8. The molecule has 28 heavy (non-hydrogen) atoms. The molecule has 1 atom stereocenters. The number of amides is 1. The zero-order chi connectivity index (χ0) is 19.3. The molecule has 0 bridgehead atoms. The fourth-order valence-corrected chi connectivity index (χ4v) is 4.63. The van der Waals surface area contributed by atoms with Gasteiger partial charge in [0.05, 0.1) is 6.04 Å². The standard InChI is InChI=1S/C25H32N2O/c1-19(23-12-11-21-9-5-6-10-24(21)17-23)26-25(28)22-13-15-27(16-14-22)18-20-7-3-2-4-8-20/h2-4,7-8,11-12,17,19,22H,5-6,9-10,13-16,18H2,1H3,(H,26,28)/t19-/m0/s1. The Balaban J connectivity index is 1.28. The third-order valence-corrected chi connectivity index (χ3v) is 6.44. The Morgan fingerprint density at radius 3 is 2.50 bits per heavy atom. The van der Waals surface area contributed by atoms with Crippen molar-refractivity contribution in [3.63, 3.8) is 0 Å². The fraction of sp³-hybridized carbons (Fsp3) is 0.480. The van der Waals surface area contributed by atoms with Crippen LogP contribution in [-0.2, 0) is 24.2 Å². The van der Waals surface area contributed by atoms with Gasteiger partial charge in [0.2, 0.25) is 5.91 Å². The van der Waals surface area contributed by atoms with Crippen molar-refractivity contribution in [1.29, 1.82) is 0 Å². The van der Waals surface area contributed by atoms with Crippen LogP contribution in [0.25, 0.3) is 0 Å². The summed E-state index contributed by atoms with van der Waals surface area (Å²) in [5.74, 6) is 0.372. The molecule has 4 rings (SSSR count). The van der Waals surface area contributed by atoms with E-state index in [0.717, 1.165) is 32.5 Å². The van der Waals surface area contributed by atoms with E-state index in [-0.39, 0.29) is 17.9 Å². The van der Waals surface area contributed by atoms with Crippen LogP contribution in [0.3, 0.4) is 0 Å². The summed E-state index contributed by atoms with van der Waals surface area (Å²) in [7, 11) is 0. The average Bonchev–Trinajstić information content (AvgIpc) is 2.74. The molecule has 1 aliphatic heterocycles. The Kier molecular flexibility index (Phi) is 6.11. The van der Waals surface area contributed by atoms with Gasteiger partial charge in [0.25, 0.3) is 0 Å². The number of carbonyl (C=O) groups excluding carboxylic acids is 1. The molecule has 1 amide bonds. The second kappa shape index (κ2) is 8.91. The molecular weight excluding hydrogens is 344 g/mol. The van der Waals surface area contributed by atoms with E-state index in [0.29, 0.717) is 0 Å². The normalized spacial score (nSPS) is 19.0. The summed E-state index contributed by atoms with van der Waals surface area (Å²) in [6.45, 7) is 5.11. The molecule has 2 aliphatic rings. The minimum Gasteiger partial charge on any atom is -0.349 e. The van der Waals surface area contributed by atoms with E-state index in [1.165, 1.54) is 47.9 Å². The fourth-order valence-electron chi connectivity index (χ4n) is 4.63. The molecule has 1 N–H and O–H groups in total. The maximum atomic E-state index is 12.8. The lowest BCUT2D eigenvalue weighted by atomic mass is 9.89. The highest BCUT2D eigenvalue weighted by Gasteiger charge is 2.26. The molecule has 0 spiro atoms. The minimum absolute atomic E-state index is 0.0853. The first kappa shape index (κ1) is 19.2. The predicted molar refractivity (Wildman–Crippen MR) is 114 cm³/mol. The molecule has 1 aliphatic carbocycles. The number of fused-ring (bicyclic) bond motifs is 1. The number of aryl methyl sites for hydroxylation is 2. The van der Waals surface area contributed by atoms with Gasteiger partial charge in [-0.15, -0.1) is 0 Å². The highest BCUT2D eigenvalue weighted by atomic mass is 16.1. The van der Waals surface area contributed by atoms with Gasteiger partial charge in [0.15, 0.2) is 0 Å². The molecule has 1 heterocycles. The lowest BCUT2D eigenvalue weighted by Crippen LogP contribution is -2.40. The summed E-state index contributed by atoms with van der Waals surface area (Å²) in [6, 6.07) is 17.5. The summed E-state index contributed by atoms with van der Waals surface area (Å²) < 4.78 is 0. The van der Waals surface area contributed by atoms with Crippen molar-refractivity contribution in [2.75, 3.05) is 13.1 Å². The van der Waals surface area contributed by atoms with Crippen LogP contribution < -0.4 is 5.32 Å². The molecule has 0 radical (unpaired) electrons. The molecular formula is C25H32N2O. The van der Waals surface area contributed by atoms with Crippen LogP contribution in [0.15, 0.2) is 48.5 Å². The van der Waals surface area contributed by atoms with Gasteiger partial charge in [-0.1, -0.05) is 48.5 Å². The van der Waals surface area contributed by atoms with Gasteiger partial charge in [-0.2, -0.15) is 0 Å². The highest BCUT2D eigenvalue weighted by molar-refractivity contribution is 5.79. The second-order valence-electron chi connectivity index (χ2n) is 8.50. The number of piperidine rings is 1. The summed E-state index contributed by atoms with van der Waals surface area (Å²) in [5, 5.41) is 3.28. The molecule has 1 saturated heterocycles. The van der Waals surface area contributed by atoms with Crippen LogP contribution in [0.4, 0.5) is 0 Å². The summed E-state index contributed by atoms with van der Waals surface area (Å²) in [6.07, 6.45) is 6.90. The summed E-state index contributed by atoms with van der Waals surface area (Å²) in [5.41, 5.74) is 5.58. The minimum atomic E-state index is 0.0853. The Morgan fingerprint density at radius 2 is 1.75 bits per heavy atom. The first-order chi connectivity index (χ1) is 13.7. The van der Waals surface area contributed by atoms with Crippen LogP contribution in [0.2, 0.25) is 0 Å². The van der Waals surface area contributed by atoms with E-state index in [9.17, 15) is 4.79 Å². The van der Waals surface area contributed by atoms with Gasteiger partial charge in [-0.05, 0) is 80.8 Å². The third kappa shape index (κ3) is 4.64. The number of hydrogen-bond donors (Lipinski definition) is 1. The number of carbonyl (C=O) groups is 1. The van der Waals surface area contributed by atoms with E-state index in [2.05, 4.69) is 65.7 Å². The van der Waals surface area contributed by atoms with Crippen molar-refractivity contribution in [3.8, 4) is 0 Å². The molecule has 2 aromatic carbocycles. The van der Waals surface area contributed by atoms with Gasteiger partial charge in [0, 0.05) is 12.5 Å². The number of likely N-dealkylation sites (tertiary alicyclic amines) is 1. The van der Waals surface area contributed by atoms with Crippen molar-refractivity contribution in [3.05, 3.63) is 70.8 Å². The Morgan fingerprint density at radius 1 is 1.04 bits per heavy atom. The molecule has 0 unspecified atom stereocenters. The lowest BCUT2D eigenvalue weighted by molar-refractivity contribution is -0.127. The zero-order valence-electron chi connectivity index (χ0n) is 17.0. The molecule has 0 aromatic heterocycles. The van der Waals surface area contributed by atoms with Gasteiger partial charge in [-0.25, -0.2) is 0 Å². The van der Waals surface area contributed by atoms with Gasteiger partial charge < -0.3 is 5.32 Å². The van der Waals surface area contributed by atoms with E-state index >= 15 is 0 Å².